The van der Waals surface area contributed by atoms with E-state index in [9.17, 15) is 5.11 Å². The molecule has 3 aliphatic carbocycles. The van der Waals surface area contributed by atoms with E-state index in [0.717, 1.165) is 49.8 Å². The van der Waals surface area contributed by atoms with Crippen molar-refractivity contribution < 1.29 is 14.4 Å². The second-order valence-corrected chi connectivity index (χ2v) is 9.05. The Balaban J connectivity index is 1.41. The molecule has 2 aromatic rings. The number of halogens is 2. The molecule has 4 atom stereocenters. The van der Waals surface area contributed by atoms with Crippen molar-refractivity contribution in [3.8, 4) is 11.3 Å². The van der Waals surface area contributed by atoms with E-state index in [-0.39, 0.29) is 12.2 Å². The fourth-order valence-corrected chi connectivity index (χ4v) is 5.40. The zero-order chi connectivity index (χ0) is 18.5. The van der Waals surface area contributed by atoms with Crippen molar-refractivity contribution in [2.75, 3.05) is 0 Å². The number of rotatable bonds is 5. The van der Waals surface area contributed by atoms with Gasteiger partial charge in [0, 0.05) is 17.0 Å². The van der Waals surface area contributed by atoms with Crippen LogP contribution in [-0.2, 0) is 11.3 Å². The molecule has 1 aromatic heterocycles. The number of fused-ring (bicyclic) bond motifs is 2. The number of aromatic nitrogens is 1. The van der Waals surface area contributed by atoms with Gasteiger partial charge in [-0.2, -0.15) is 0 Å². The minimum Gasteiger partial charge on any atom is -0.393 e. The third-order valence-electron chi connectivity index (χ3n) is 6.44. The molecule has 0 radical (unpaired) electrons. The maximum absolute atomic E-state index is 10.2. The first-order chi connectivity index (χ1) is 13.1. The highest BCUT2D eigenvalue weighted by Gasteiger charge is 2.42. The average Bonchev–Trinajstić information content (AvgIpc) is 3.38. The van der Waals surface area contributed by atoms with Gasteiger partial charge in [-0.05, 0) is 62.5 Å². The quantitative estimate of drug-likeness (QED) is 0.701. The van der Waals surface area contributed by atoms with Gasteiger partial charge in [-0.15, -0.1) is 0 Å². The van der Waals surface area contributed by atoms with Crippen LogP contribution in [0.4, 0.5) is 0 Å². The van der Waals surface area contributed by atoms with Crippen LogP contribution >= 0.6 is 23.2 Å². The maximum Gasteiger partial charge on any atom is 0.145 e. The molecule has 3 aliphatic rings. The molecule has 2 bridgehead atoms. The fraction of sp³-hybridized carbons (Fsp3) is 0.571. The summed E-state index contributed by atoms with van der Waals surface area (Å²) >= 11 is 12.8. The first kappa shape index (κ1) is 18.0. The summed E-state index contributed by atoms with van der Waals surface area (Å²) in [7, 11) is 0. The van der Waals surface area contributed by atoms with E-state index in [2.05, 4.69) is 5.16 Å². The molecule has 0 unspecified atom stereocenters. The van der Waals surface area contributed by atoms with Crippen molar-refractivity contribution in [1.82, 2.24) is 5.16 Å². The molecule has 0 amide bonds. The van der Waals surface area contributed by atoms with E-state index in [1.54, 1.807) is 0 Å². The van der Waals surface area contributed by atoms with Crippen LogP contribution in [0.2, 0.25) is 10.0 Å². The predicted molar refractivity (Wildman–Crippen MR) is 104 cm³/mol. The van der Waals surface area contributed by atoms with Gasteiger partial charge in [0.15, 0.2) is 0 Å². The normalized spacial score (nSPS) is 30.0. The molecular formula is C21H23Cl2NO3. The van der Waals surface area contributed by atoms with Gasteiger partial charge in [-0.1, -0.05) is 34.4 Å². The molecule has 1 heterocycles. The summed E-state index contributed by atoms with van der Waals surface area (Å²) in [5, 5.41) is 15.7. The van der Waals surface area contributed by atoms with E-state index in [4.69, 9.17) is 32.5 Å². The number of nitrogens with zero attached hydrogens (tertiary/aromatic N) is 1. The highest BCUT2D eigenvalue weighted by molar-refractivity contribution is 6.39. The Kier molecular flexibility index (Phi) is 4.71. The number of benzene rings is 1. The maximum atomic E-state index is 10.2. The summed E-state index contributed by atoms with van der Waals surface area (Å²) < 4.78 is 12.0. The summed E-state index contributed by atoms with van der Waals surface area (Å²) in [6, 6.07) is 5.47. The summed E-state index contributed by atoms with van der Waals surface area (Å²) in [6.07, 6.45) is 6.39. The lowest BCUT2D eigenvalue weighted by Crippen LogP contribution is -2.34. The Bertz CT molecular complexity index is 814. The molecule has 0 spiro atoms. The SMILES string of the molecule is O[C@@H]1[C@@H]2CC[C@H]1C[C@H](OCc1c(-c3c(Cl)cccc3Cl)noc1C1CC1)C2. The molecule has 4 nitrogen and oxygen atoms in total. The van der Waals surface area contributed by atoms with E-state index < -0.39 is 0 Å². The van der Waals surface area contributed by atoms with Crippen LogP contribution in [0.5, 0.6) is 0 Å². The van der Waals surface area contributed by atoms with Crippen LogP contribution in [0, 0.1) is 11.8 Å². The van der Waals surface area contributed by atoms with Crippen LogP contribution in [0.25, 0.3) is 11.3 Å². The molecule has 3 fully saturated rings. The van der Waals surface area contributed by atoms with Gasteiger partial charge in [0.25, 0.3) is 0 Å². The Morgan fingerprint density at radius 1 is 1.07 bits per heavy atom. The van der Waals surface area contributed by atoms with Crippen molar-refractivity contribution in [3.63, 3.8) is 0 Å². The highest BCUT2D eigenvalue weighted by atomic mass is 35.5. The first-order valence-corrected chi connectivity index (χ1v) is 10.6. The minimum absolute atomic E-state index is 0.139. The molecule has 1 N–H and O–H groups in total. The van der Waals surface area contributed by atoms with Crippen molar-refractivity contribution in [1.29, 1.82) is 0 Å². The van der Waals surface area contributed by atoms with Gasteiger partial charge in [-0.25, -0.2) is 0 Å². The Labute approximate surface area is 168 Å². The van der Waals surface area contributed by atoms with Gasteiger partial charge in [-0.3, -0.25) is 0 Å². The van der Waals surface area contributed by atoms with Gasteiger partial charge in [0.05, 0.1) is 28.9 Å². The van der Waals surface area contributed by atoms with Crippen LogP contribution in [0.3, 0.4) is 0 Å². The van der Waals surface area contributed by atoms with E-state index in [1.807, 2.05) is 18.2 Å². The molecule has 0 aliphatic heterocycles. The lowest BCUT2D eigenvalue weighted by atomic mass is 9.84. The highest BCUT2D eigenvalue weighted by Crippen LogP contribution is 2.47. The average molecular weight is 408 g/mol. The first-order valence-electron chi connectivity index (χ1n) is 9.84. The lowest BCUT2D eigenvalue weighted by Gasteiger charge is -2.32. The molecule has 1 aromatic carbocycles. The van der Waals surface area contributed by atoms with Crippen LogP contribution in [-0.4, -0.2) is 22.5 Å². The second-order valence-electron chi connectivity index (χ2n) is 8.24. The number of aliphatic hydroxyl groups is 1. The third kappa shape index (κ3) is 3.31. The summed E-state index contributed by atoms with van der Waals surface area (Å²) in [5.41, 5.74) is 2.39. The van der Waals surface area contributed by atoms with Gasteiger partial charge >= 0.3 is 0 Å². The molecular weight excluding hydrogens is 385 g/mol. The van der Waals surface area contributed by atoms with Crippen molar-refractivity contribution in [2.24, 2.45) is 11.8 Å². The van der Waals surface area contributed by atoms with E-state index in [0.29, 0.717) is 45.7 Å². The molecule has 5 rings (SSSR count). The topological polar surface area (TPSA) is 55.5 Å². The molecule has 3 saturated carbocycles. The third-order valence-corrected chi connectivity index (χ3v) is 7.07. The summed E-state index contributed by atoms with van der Waals surface area (Å²) in [6.45, 7) is 0.451. The van der Waals surface area contributed by atoms with Crippen molar-refractivity contribution in [2.45, 2.75) is 63.3 Å². The molecule has 144 valence electrons. The monoisotopic (exact) mass is 407 g/mol. The smallest absolute Gasteiger partial charge is 0.145 e. The minimum atomic E-state index is -0.139. The molecule has 0 saturated heterocycles. The number of aliphatic hydroxyl groups excluding tert-OH is 1. The van der Waals surface area contributed by atoms with Gasteiger partial charge in [0.1, 0.15) is 11.5 Å². The van der Waals surface area contributed by atoms with Crippen molar-refractivity contribution in [3.05, 3.63) is 39.6 Å². The van der Waals surface area contributed by atoms with Crippen molar-refractivity contribution >= 4 is 23.2 Å². The van der Waals surface area contributed by atoms with Crippen LogP contribution in [0.15, 0.2) is 22.7 Å². The number of hydrogen-bond donors (Lipinski definition) is 1. The zero-order valence-electron chi connectivity index (χ0n) is 15.0. The van der Waals surface area contributed by atoms with Gasteiger partial charge < -0.3 is 14.4 Å². The number of hydrogen-bond acceptors (Lipinski definition) is 4. The Hall–Kier alpha value is -1.07. The fourth-order valence-electron chi connectivity index (χ4n) is 4.83. The Morgan fingerprint density at radius 3 is 2.37 bits per heavy atom. The molecule has 6 heteroatoms. The Morgan fingerprint density at radius 2 is 1.74 bits per heavy atom. The lowest BCUT2D eigenvalue weighted by molar-refractivity contribution is -0.0472. The zero-order valence-corrected chi connectivity index (χ0v) is 16.5. The van der Waals surface area contributed by atoms with Crippen LogP contribution < -0.4 is 0 Å². The van der Waals surface area contributed by atoms with E-state index >= 15 is 0 Å². The number of ether oxygens (including phenoxy) is 1. The van der Waals surface area contributed by atoms with E-state index in [1.165, 1.54) is 0 Å². The van der Waals surface area contributed by atoms with Gasteiger partial charge in [0.2, 0.25) is 0 Å². The van der Waals surface area contributed by atoms with Crippen LogP contribution in [0.1, 0.15) is 55.8 Å². The standard InChI is InChI=1S/C21H23Cl2NO3/c22-16-2-1-3-17(23)18(16)19-15(21(27-24-19)11-4-5-11)10-26-14-8-12-6-7-13(9-14)20(12)25/h1-3,11-14,20,25H,4-10H2/t12-,13+,14-,20-. The molecule has 27 heavy (non-hydrogen) atoms. The summed E-state index contributed by atoms with van der Waals surface area (Å²) in [4.78, 5) is 0. The second kappa shape index (κ2) is 7.07. The summed E-state index contributed by atoms with van der Waals surface area (Å²) in [5.74, 6) is 2.11. The predicted octanol–water partition coefficient (Wildman–Crippen LogP) is 5.59. The largest absolute Gasteiger partial charge is 0.393 e.